The Morgan fingerprint density at radius 2 is 1.77 bits per heavy atom. The van der Waals surface area contributed by atoms with Crippen LogP contribution in [0.5, 0.6) is 0 Å². The molecule has 0 unspecified atom stereocenters. The highest BCUT2D eigenvalue weighted by molar-refractivity contribution is 9.10. The van der Waals surface area contributed by atoms with Crippen molar-refractivity contribution in [2.45, 2.75) is 18.4 Å². The largest absolute Gasteiger partial charge is 0.235 e. The lowest BCUT2D eigenvalue weighted by atomic mass is 10.1. The molecule has 1 fully saturated rings. The molecule has 13 heavy (non-hydrogen) atoms. The second kappa shape index (κ2) is 3.37. The molecule has 3 heteroatoms. The second-order valence-electron chi connectivity index (χ2n) is 3.52. The molecule has 0 N–H and O–H groups in total. The van der Waals surface area contributed by atoms with Gasteiger partial charge in [-0.3, -0.25) is 0 Å². The topological polar surface area (TPSA) is 3.24 Å². The van der Waals surface area contributed by atoms with Crippen molar-refractivity contribution in [1.29, 1.82) is 0 Å². The minimum atomic E-state index is 0.265. The van der Waals surface area contributed by atoms with E-state index in [0.717, 1.165) is 4.47 Å². The molecule has 1 aliphatic carbocycles. The van der Waals surface area contributed by atoms with Crippen molar-refractivity contribution in [3.63, 3.8) is 0 Å². The lowest BCUT2D eigenvalue weighted by Gasteiger charge is -2.21. The third-order valence-electron chi connectivity index (χ3n) is 2.69. The van der Waals surface area contributed by atoms with Crippen LogP contribution in [0.3, 0.4) is 0 Å². The molecule has 1 saturated carbocycles. The van der Waals surface area contributed by atoms with E-state index in [1.54, 1.807) is 0 Å². The summed E-state index contributed by atoms with van der Waals surface area (Å²) in [6.07, 6.45) is 2.49. The van der Waals surface area contributed by atoms with Crippen LogP contribution in [0.25, 0.3) is 0 Å². The first-order chi connectivity index (χ1) is 6.15. The van der Waals surface area contributed by atoms with Crippen molar-refractivity contribution < 1.29 is 0 Å². The smallest absolute Gasteiger partial charge is 0.0563 e. The van der Waals surface area contributed by atoms with Gasteiger partial charge in [0.1, 0.15) is 0 Å². The maximum atomic E-state index is 3.54. The first-order valence-corrected chi connectivity index (χ1v) is 5.81. The zero-order valence-electron chi connectivity index (χ0n) is 7.43. The van der Waals surface area contributed by atoms with E-state index < -0.39 is 0 Å². The summed E-state index contributed by atoms with van der Waals surface area (Å²) >= 11 is 6.98. The molecule has 70 valence electrons. The van der Waals surface area contributed by atoms with E-state index in [9.17, 15) is 0 Å². The van der Waals surface area contributed by atoms with E-state index >= 15 is 0 Å². The molecule has 0 spiro atoms. The lowest BCUT2D eigenvalue weighted by molar-refractivity contribution is 0.413. The van der Waals surface area contributed by atoms with Crippen LogP contribution in [0.4, 0.5) is 0 Å². The Bertz CT molecular complexity index is 301. The maximum Gasteiger partial charge on any atom is 0.0563 e. The molecule has 0 radical (unpaired) electrons. The van der Waals surface area contributed by atoms with Gasteiger partial charge in [-0.15, -0.1) is 0 Å². The highest BCUT2D eigenvalue weighted by Crippen LogP contribution is 2.51. The van der Waals surface area contributed by atoms with Gasteiger partial charge in [0.25, 0.3) is 0 Å². The van der Waals surface area contributed by atoms with E-state index in [4.69, 9.17) is 0 Å². The van der Waals surface area contributed by atoms with Crippen molar-refractivity contribution in [3.05, 3.63) is 34.3 Å². The number of rotatable bonds is 2. The van der Waals surface area contributed by atoms with Gasteiger partial charge in [0.05, 0.1) is 5.54 Å². The zero-order chi connectivity index (χ0) is 9.47. The highest BCUT2D eigenvalue weighted by atomic mass is 79.9. The summed E-state index contributed by atoms with van der Waals surface area (Å²) in [6.45, 7) is 0. The molecule has 1 aromatic carbocycles. The van der Waals surface area contributed by atoms with Gasteiger partial charge < -0.3 is 0 Å². The van der Waals surface area contributed by atoms with Gasteiger partial charge in [-0.05, 0) is 37.6 Å². The van der Waals surface area contributed by atoms with E-state index in [1.165, 1.54) is 18.4 Å². The Hall–Kier alpha value is 0.140. The van der Waals surface area contributed by atoms with Crippen molar-refractivity contribution in [2.75, 3.05) is 7.05 Å². The molecule has 1 aromatic rings. The zero-order valence-corrected chi connectivity index (χ0v) is 10.6. The first-order valence-electron chi connectivity index (χ1n) is 4.31. The monoisotopic (exact) mass is 303 g/mol. The van der Waals surface area contributed by atoms with Crippen LogP contribution in [-0.2, 0) is 5.54 Å². The van der Waals surface area contributed by atoms with Crippen LogP contribution in [-0.4, -0.2) is 11.0 Å². The summed E-state index contributed by atoms with van der Waals surface area (Å²) < 4.78 is 3.28. The maximum absolute atomic E-state index is 3.54. The molecule has 0 aromatic heterocycles. The number of nitrogens with zero attached hydrogens (tertiary/aromatic N) is 1. The van der Waals surface area contributed by atoms with Crippen molar-refractivity contribution in [2.24, 2.45) is 0 Å². The minimum Gasteiger partial charge on any atom is -0.235 e. The summed E-state index contributed by atoms with van der Waals surface area (Å²) in [6, 6.07) is 8.58. The van der Waals surface area contributed by atoms with Gasteiger partial charge in [-0.25, -0.2) is 3.93 Å². The van der Waals surface area contributed by atoms with Crippen molar-refractivity contribution in [1.82, 2.24) is 3.93 Å². The summed E-state index contributed by atoms with van der Waals surface area (Å²) in [5.74, 6) is 0. The molecule has 0 atom stereocenters. The summed E-state index contributed by atoms with van der Waals surface area (Å²) in [7, 11) is 2.08. The predicted molar refractivity (Wildman–Crippen MR) is 61.7 cm³/mol. The van der Waals surface area contributed by atoms with Gasteiger partial charge in [-0.1, -0.05) is 28.1 Å². The van der Waals surface area contributed by atoms with E-state index in [1.807, 2.05) is 0 Å². The number of hydrogen-bond acceptors (Lipinski definition) is 1. The third kappa shape index (κ3) is 1.69. The van der Waals surface area contributed by atoms with E-state index in [0.29, 0.717) is 0 Å². The van der Waals surface area contributed by atoms with Crippen LogP contribution >= 0.6 is 32.1 Å². The third-order valence-corrected chi connectivity index (χ3v) is 3.90. The predicted octanol–water partition coefficient (Wildman–Crippen LogP) is 3.68. The van der Waals surface area contributed by atoms with Gasteiger partial charge in [0, 0.05) is 20.6 Å². The minimum absolute atomic E-state index is 0.265. The second-order valence-corrected chi connectivity index (χ2v) is 5.50. The Balaban J connectivity index is 2.31. The molecule has 0 bridgehead atoms. The fourth-order valence-corrected chi connectivity index (χ4v) is 2.48. The molecule has 0 saturated heterocycles. The van der Waals surface area contributed by atoms with Crippen molar-refractivity contribution in [3.8, 4) is 0 Å². The Labute approximate surface area is 95.6 Å². The van der Waals surface area contributed by atoms with Crippen molar-refractivity contribution >= 4 is 32.1 Å². The highest BCUT2D eigenvalue weighted by Gasteiger charge is 2.47. The standard InChI is InChI=1S/C10H11Br2N/c1-13(12)10(6-7-10)8-2-4-9(11)5-3-8/h2-5H,6-7H2,1H3. The quantitative estimate of drug-likeness (QED) is 0.753. The van der Waals surface area contributed by atoms with Gasteiger partial charge in [0.15, 0.2) is 0 Å². The SMILES string of the molecule is CN(Br)C1(c2ccc(Br)cc2)CC1. The fourth-order valence-electron chi connectivity index (χ4n) is 1.65. The molecule has 2 rings (SSSR count). The normalized spacial score (nSPS) is 19.1. The molecular weight excluding hydrogens is 294 g/mol. The number of halogens is 2. The van der Waals surface area contributed by atoms with Gasteiger partial charge >= 0.3 is 0 Å². The molecule has 0 amide bonds. The van der Waals surface area contributed by atoms with Crippen LogP contribution in [0, 0.1) is 0 Å². The van der Waals surface area contributed by atoms with E-state index in [2.05, 4.69) is 67.3 Å². The Morgan fingerprint density at radius 3 is 2.15 bits per heavy atom. The lowest BCUT2D eigenvalue weighted by Crippen LogP contribution is -2.22. The first kappa shape index (κ1) is 9.69. The molecule has 1 nitrogen and oxygen atoms in total. The average molecular weight is 305 g/mol. The number of hydrogen-bond donors (Lipinski definition) is 0. The Kier molecular flexibility index (Phi) is 2.51. The summed E-state index contributed by atoms with van der Waals surface area (Å²) in [4.78, 5) is 0. The molecular formula is C10H11Br2N. The molecule has 0 heterocycles. The Morgan fingerprint density at radius 1 is 1.23 bits per heavy atom. The van der Waals surface area contributed by atoms with Crippen LogP contribution in [0.15, 0.2) is 28.7 Å². The summed E-state index contributed by atoms with van der Waals surface area (Å²) in [5, 5.41) is 0. The average Bonchev–Trinajstić information content (AvgIpc) is 2.86. The van der Waals surface area contributed by atoms with E-state index in [-0.39, 0.29) is 5.54 Å². The molecule has 1 aliphatic rings. The van der Waals surface area contributed by atoms with Crippen LogP contribution < -0.4 is 0 Å². The van der Waals surface area contributed by atoms with Gasteiger partial charge in [0.2, 0.25) is 0 Å². The number of benzene rings is 1. The van der Waals surface area contributed by atoms with Gasteiger partial charge in [-0.2, -0.15) is 0 Å². The molecule has 0 aliphatic heterocycles. The fraction of sp³-hybridized carbons (Fsp3) is 0.400. The van der Waals surface area contributed by atoms with Crippen LogP contribution in [0.1, 0.15) is 18.4 Å². The summed E-state index contributed by atoms with van der Waals surface area (Å²) in [5.41, 5.74) is 1.66. The van der Waals surface area contributed by atoms with Crippen LogP contribution in [0.2, 0.25) is 0 Å².